The van der Waals surface area contributed by atoms with E-state index in [4.69, 9.17) is 9.97 Å². The molecule has 0 bridgehead atoms. The lowest BCUT2D eigenvalue weighted by Crippen LogP contribution is -1.90. The predicted octanol–water partition coefficient (Wildman–Crippen LogP) is 11.1. The van der Waals surface area contributed by atoms with E-state index < -0.39 is 0 Å². The smallest absolute Gasteiger partial charge is 0.0971 e. The highest BCUT2D eigenvalue weighted by Gasteiger charge is 2.13. The SMILES string of the molecule is C=C/C=C\c1c(C)c2ccc(-c3cccc(-c4ccc5c6ccccc6c6nccnc6c5c4)c3)cc2c2ccccc12. The van der Waals surface area contributed by atoms with E-state index in [1.54, 1.807) is 12.4 Å². The van der Waals surface area contributed by atoms with E-state index in [-0.39, 0.29) is 0 Å². The van der Waals surface area contributed by atoms with Gasteiger partial charge in [0.05, 0.1) is 11.0 Å². The summed E-state index contributed by atoms with van der Waals surface area (Å²) in [6, 6.07) is 39.6. The quantitative estimate of drug-likeness (QED) is 0.161. The van der Waals surface area contributed by atoms with Gasteiger partial charge in [0.1, 0.15) is 0 Å². The fourth-order valence-corrected chi connectivity index (χ4v) is 6.64. The maximum Gasteiger partial charge on any atom is 0.0971 e. The zero-order valence-corrected chi connectivity index (χ0v) is 23.9. The first-order valence-electron chi connectivity index (χ1n) is 14.6. The number of benzene rings is 7. The zero-order valence-electron chi connectivity index (χ0n) is 23.9. The van der Waals surface area contributed by atoms with Crippen molar-refractivity contribution < 1.29 is 0 Å². The molecule has 0 unspecified atom stereocenters. The molecule has 0 fully saturated rings. The Morgan fingerprint density at radius 2 is 1.02 bits per heavy atom. The van der Waals surface area contributed by atoms with Crippen LogP contribution in [0, 0.1) is 6.92 Å². The van der Waals surface area contributed by atoms with E-state index >= 15 is 0 Å². The minimum Gasteiger partial charge on any atom is -0.252 e. The Kier molecular flexibility index (Phi) is 5.87. The van der Waals surface area contributed by atoms with Crippen LogP contribution < -0.4 is 0 Å². The molecule has 202 valence electrons. The molecule has 0 aliphatic carbocycles. The van der Waals surface area contributed by atoms with Crippen LogP contribution in [-0.2, 0) is 0 Å². The van der Waals surface area contributed by atoms with Gasteiger partial charge in [0.25, 0.3) is 0 Å². The van der Waals surface area contributed by atoms with Gasteiger partial charge in [-0.1, -0.05) is 116 Å². The average Bonchev–Trinajstić information content (AvgIpc) is 3.08. The van der Waals surface area contributed by atoms with Crippen LogP contribution in [0.1, 0.15) is 11.1 Å². The first-order valence-corrected chi connectivity index (χ1v) is 14.6. The fourth-order valence-electron chi connectivity index (χ4n) is 6.64. The van der Waals surface area contributed by atoms with Crippen molar-refractivity contribution in [3.8, 4) is 22.3 Å². The molecule has 0 amide bonds. The molecule has 2 heteroatoms. The first-order chi connectivity index (χ1) is 21.2. The van der Waals surface area contributed by atoms with Crippen LogP contribution in [0.4, 0.5) is 0 Å². The topological polar surface area (TPSA) is 25.8 Å². The molecular weight excluding hydrogens is 520 g/mol. The Bertz CT molecular complexity index is 2400. The van der Waals surface area contributed by atoms with Crippen LogP contribution in [0.2, 0.25) is 0 Å². The van der Waals surface area contributed by atoms with Crippen LogP contribution in [0.25, 0.3) is 82.5 Å². The largest absolute Gasteiger partial charge is 0.252 e. The fraction of sp³-hybridized carbons (Fsp3) is 0.0244. The van der Waals surface area contributed by atoms with E-state index in [9.17, 15) is 0 Å². The highest BCUT2D eigenvalue weighted by Crippen LogP contribution is 2.38. The van der Waals surface area contributed by atoms with Crippen LogP contribution in [0.15, 0.2) is 140 Å². The van der Waals surface area contributed by atoms with Crippen LogP contribution in [-0.4, -0.2) is 9.97 Å². The Labute approximate surface area is 250 Å². The van der Waals surface area contributed by atoms with Crippen molar-refractivity contribution in [1.29, 1.82) is 0 Å². The molecule has 1 aromatic heterocycles. The molecule has 0 saturated heterocycles. The van der Waals surface area contributed by atoms with E-state index in [1.807, 2.05) is 12.2 Å². The third-order valence-corrected chi connectivity index (χ3v) is 8.71. The number of aryl methyl sites for hydroxylation is 1. The van der Waals surface area contributed by atoms with Crippen molar-refractivity contribution in [2.45, 2.75) is 6.92 Å². The maximum atomic E-state index is 4.77. The summed E-state index contributed by atoms with van der Waals surface area (Å²) in [5.41, 5.74) is 9.15. The molecule has 0 N–H and O–H groups in total. The van der Waals surface area contributed by atoms with E-state index in [1.165, 1.54) is 60.1 Å². The van der Waals surface area contributed by atoms with E-state index in [2.05, 4.69) is 129 Å². The minimum absolute atomic E-state index is 0.938. The van der Waals surface area contributed by atoms with Crippen molar-refractivity contribution >= 4 is 60.2 Å². The third-order valence-electron chi connectivity index (χ3n) is 8.71. The summed E-state index contributed by atoms with van der Waals surface area (Å²) < 4.78 is 0. The second-order valence-electron chi connectivity index (χ2n) is 11.1. The number of hydrogen-bond acceptors (Lipinski definition) is 2. The molecule has 0 atom stereocenters. The number of allylic oxidation sites excluding steroid dienone is 2. The van der Waals surface area contributed by atoms with Crippen molar-refractivity contribution in [1.82, 2.24) is 9.97 Å². The summed E-state index contributed by atoms with van der Waals surface area (Å²) in [5.74, 6) is 0. The third kappa shape index (κ3) is 4.03. The molecule has 0 spiro atoms. The van der Waals surface area contributed by atoms with Crippen LogP contribution >= 0.6 is 0 Å². The van der Waals surface area contributed by atoms with Crippen molar-refractivity contribution in [2.75, 3.05) is 0 Å². The predicted molar refractivity (Wildman–Crippen MR) is 184 cm³/mol. The van der Waals surface area contributed by atoms with Gasteiger partial charge in [-0.05, 0) is 90.8 Å². The highest BCUT2D eigenvalue weighted by molar-refractivity contribution is 6.23. The zero-order chi connectivity index (χ0) is 28.9. The molecule has 2 nitrogen and oxygen atoms in total. The number of rotatable bonds is 4. The Morgan fingerprint density at radius 3 is 1.72 bits per heavy atom. The van der Waals surface area contributed by atoms with Gasteiger partial charge in [0.2, 0.25) is 0 Å². The van der Waals surface area contributed by atoms with Gasteiger partial charge in [0.15, 0.2) is 0 Å². The molecule has 8 aromatic rings. The monoisotopic (exact) mass is 548 g/mol. The van der Waals surface area contributed by atoms with Gasteiger partial charge < -0.3 is 0 Å². The van der Waals surface area contributed by atoms with Crippen LogP contribution in [0.5, 0.6) is 0 Å². The molecule has 0 aliphatic rings. The maximum absolute atomic E-state index is 4.77. The summed E-state index contributed by atoms with van der Waals surface area (Å²) in [4.78, 5) is 9.49. The molecule has 0 aliphatic heterocycles. The molecule has 8 rings (SSSR count). The number of fused-ring (bicyclic) bond motifs is 9. The van der Waals surface area contributed by atoms with Gasteiger partial charge in [-0.3, -0.25) is 9.97 Å². The van der Waals surface area contributed by atoms with Gasteiger partial charge in [-0.25, -0.2) is 0 Å². The molecule has 1 heterocycles. The standard InChI is InChI=1S/C41H28N2/c1-3-4-12-31-26(2)32-19-17-29(24-38(32)35-15-6-5-13-33(31)35)27-10-9-11-28(23-27)30-18-20-36-34-14-7-8-16-37(34)40-41(39(36)25-30)43-22-21-42-40/h3-25H,1H2,2H3/b12-4-. The summed E-state index contributed by atoms with van der Waals surface area (Å²) in [5, 5.41) is 9.73. The number of aromatic nitrogens is 2. The van der Waals surface area contributed by atoms with Crippen molar-refractivity contribution in [2.24, 2.45) is 0 Å². The molecule has 43 heavy (non-hydrogen) atoms. The van der Waals surface area contributed by atoms with Crippen molar-refractivity contribution in [3.63, 3.8) is 0 Å². The molecular formula is C41H28N2. The molecule has 0 saturated carbocycles. The van der Waals surface area contributed by atoms with Crippen molar-refractivity contribution in [3.05, 3.63) is 151 Å². The molecule has 0 radical (unpaired) electrons. The average molecular weight is 549 g/mol. The second-order valence-corrected chi connectivity index (χ2v) is 11.1. The van der Waals surface area contributed by atoms with Gasteiger partial charge in [-0.15, -0.1) is 0 Å². The molecule has 7 aromatic carbocycles. The van der Waals surface area contributed by atoms with Crippen LogP contribution in [0.3, 0.4) is 0 Å². The second kappa shape index (κ2) is 10.0. The summed E-state index contributed by atoms with van der Waals surface area (Å²) >= 11 is 0. The number of hydrogen-bond donors (Lipinski definition) is 0. The number of nitrogens with zero attached hydrogens (tertiary/aromatic N) is 2. The lowest BCUT2D eigenvalue weighted by atomic mass is 9.89. The van der Waals surface area contributed by atoms with Gasteiger partial charge in [-0.2, -0.15) is 0 Å². The lowest BCUT2D eigenvalue weighted by molar-refractivity contribution is 1.31. The minimum atomic E-state index is 0.938. The summed E-state index contributed by atoms with van der Waals surface area (Å²) in [6.45, 7) is 6.09. The van der Waals surface area contributed by atoms with E-state index in [0.717, 1.165) is 27.4 Å². The summed E-state index contributed by atoms with van der Waals surface area (Å²) in [6.07, 6.45) is 9.59. The van der Waals surface area contributed by atoms with Gasteiger partial charge in [0, 0.05) is 23.2 Å². The first kappa shape index (κ1) is 25.1. The Balaban J connectivity index is 1.29. The Hall–Kier alpha value is -5.60. The highest BCUT2D eigenvalue weighted by atomic mass is 14.8. The Morgan fingerprint density at radius 1 is 0.488 bits per heavy atom. The summed E-state index contributed by atoms with van der Waals surface area (Å²) in [7, 11) is 0. The van der Waals surface area contributed by atoms with E-state index in [0.29, 0.717) is 0 Å². The van der Waals surface area contributed by atoms with Gasteiger partial charge >= 0.3 is 0 Å². The lowest BCUT2D eigenvalue weighted by Gasteiger charge is -2.14. The normalized spacial score (nSPS) is 11.8.